The SMILES string of the molecule is COC(=O)[C@@H]1O[C@@]1(C)CCC[C@@H](C)CC[C@@H]1OC1(C)C. The van der Waals surface area contributed by atoms with Gasteiger partial charge >= 0.3 is 5.97 Å². The first-order valence-electron chi connectivity index (χ1n) is 7.72. The number of carbonyl (C=O) groups is 1. The zero-order chi connectivity index (χ0) is 15.0. The highest BCUT2D eigenvalue weighted by molar-refractivity contribution is 5.79. The van der Waals surface area contributed by atoms with Gasteiger partial charge in [-0.15, -0.1) is 0 Å². The highest BCUT2D eigenvalue weighted by Crippen LogP contribution is 2.42. The van der Waals surface area contributed by atoms with Gasteiger partial charge in [0.25, 0.3) is 0 Å². The summed E-state index contributed by atoms with van der Waals surface area (Å²) in [5.74, 6) is 0.461. The topological polar surface area (TPSA) is 51.4 Å². The van der Waals surface area contributed by atoms with Crippen molar-refractivity contribution >= 4 is 5.97 Å². The number of ether oxygens (including phenoxy) is 3. The second-order valence-corrected chi connectivity index (χ2v) is 7.12. The third-order valence-corrected chi connectivity index (χ3v) is 4.76. The zero-order valence-electron chi connectivity index (χ0n) is 13.4. The summed E-state index contributed by atoms with van der Waals surface area (Å²) in [6.07, 6.45) is 5.70. The van der Waals surface area contributed by atoms with E-state index < -0.39 is 0 Å². The maximum absolute atomic E-state index is 11.4. The first-order valence-corrected chi connectivity index (χ1v) is 7.72. The van der Waals surface area contributed by atoms with E-state index in [4.69, 9.17) is 14.2 Å². The molecule has 0 amide bonds. The van der Waals surface area contributed by atoms with Crippen LogP contribution in [0.4, 0.5) is 0 Å². The predicted molar refractivity (Wildman–Crippen MR) is 76.5 cm³/mol. The van der Waals surface area contributed by atoms with Crippen molar-refractivity contribution in [2.45, 2.75) is 83.2 Å². The van der Waals surface area contributed by atoms with Crippen LogP contribution in [0.2, 0.25) is 0 Å². The largest absolute Gasteiger partial charge is 0.467 e. The summed E-state index contributed by atoms with van der Waals surface area (Å²) < 4.78 is 15.8. The molecule has 2 saturated heterocycles. The average Bonchev–Trinajstić information content (AvgIpc) is 3.22. The van der Waals surface area contributed by atoms with Crippen molar-refractivity contribution in [3.05, 3.63) is 0 Å². The van der Waals surface area contributed by atoms with Crippen LogP contribution in [0.3, 0.4) is 0 Å². The summed E-state index contributed by atoms with van der Waals surface area (Å²) in [5.41, 5.74) is -0.169. The monoisotopic (exact) mass is 284 g/mol. The Hall–Kier alpha value is -0.610. The Balaban J connectivity index is 1.56. The van der Waals surface area contributed by atoms with Crippen LogP contribution in [0, 0.1) is 5.92 Å². The minimum Gasteiger partial charge on any atom is -0.467 e. The van der Waals surface area contributed by atoms with E-state index in [1.54, 1.807) is 0 Å². The van der Waals surface area contributed by atoms with Crippen LogP contribution < -0.4 is 0 Å². The molecule has 2 fully saturated rings. The van der Waals surface area contributed by atoms with Gasteiger partial charge in [0.1, 0.15) is 5.60 Å². The Morgan fingerprint density at radius 1 is 1.25 bits per heavy atom. The molecule has 2 aliphatic rings. The van der Waals surface area contributed by atoms with Gasteiger partial charge in [0.2, 0.25) is 0 Å². The van der Waals surface area contributed by atoms with E-state index in [-0.39, 0.29) is 23.3 Å². The van der Waals surface area contributed by atoms with Crippen LogP contribution in [-0.2, 0) is 19.0 Å². The molecule has 0 aromatic rings. The van der Waals surface area contributed by atoms with Crippen LogP contribution in [0.1, 0.15) is 59.8 Å². The maximum atomic E-state index is 11.4. The third kappa shape index (κ3) is 3.73. The summed E-state index contributed by atoms with van der Waals surface area (Å²) in [6.45, 7) is 8.60. The van der Waals surface area contributed by atoms with Gasteiger partial charge in [0, 0.05) is 0 Å². The lowest BCUT2D eigenvalue weighted by atomic mass is 9.92. The van der Waals surface area contributed by atoms with Gasteiger partial charge in [0.15, 0.2) is 6.10 Å². The quantitative estimate of drug-likeness (QED) is 0.508. The molecule has 20 heavy (non-hydrogen) atoms. The molecular formula is C16H28O4. The molecule has 4 heteroatoms. The fraction of sp³-hybridized carbons (Fsp3) is 0.938. The maximum Gasteiger partial charge on any atom is 0.338 e. The lowest BCUT2D eigenvalue weighted by molar-refractivity contribution is -0.142. The molecule has 0 N–H and O–H groups in total. The Morgan fingerprint density at radius 3 is 2.45 bits per heavy atom. The van der Waals surface area contributed by atoms with Crippen LogP contribution in [-0.4, -0.2) is 36.5 Å². The molecule has 0 aromatic carbocycles. The van der Waals surface area contributed by atoms with Gasteiger partial charge < -0.3 is 14.2 Å². The number of hydrogen-bond acceptors (Lipinski definition) is 4. The molecule has 4 nitrogen and oxygen atoms in total. The van der Waals surface area contributed by atoms with Crippen molar-refractivity contribution in [1.29, 1.82) is 0 Å². The van der Waals surface area contributed by atoms with Crippen LogP contribution >= 0.6 is 0 Å². The van der Waals surface area contributed by atoms with Gasteiger partial charge in [0.05, 0.1) is 18.8 Å². The van der Waals surface area contributed by atoms with E-state index >= 15 is 0 Å². The highest BCUT2D eigenvalue weighted by atomic mass is 16.6. The lowest BCUT2D eigenvalue weighted by Gasteiger charge is -2.12. The third-order valence-electron chi connectivity index (χ3n) is 4.76. The number of hydrogen-bond donors (Lipinski definition) is 0. The summed E-state index contributed by atoms with van der Waals surface area (Å²) in [5, 5.41) is 0. The molecule has 2 heterocycles. The lowest BCUT2D eigenvalue weighted by Crippen LogP contribution is -2.19. The van der Waals surface area contributed by atoms with E-state index in [0.717, 1.165) is 19.3 Å². The van der Waals surface area contributed by atoms with Gasteiger partial charge in [-0.25, -0.2) is 4.79 Å². The minimum absolute atomic E-state index is 0.114. The standard InChI is InChI=1S/C16H28O4/c1-11(8-9-12-15(2,3)19-12)7-6-10-16(4)13(20-16)14(17)18-5/h11-13H,6-10H2,1-5H3/t11-,12+,13+,16+/m1/s1. The molecule has 0 unspecified atom stereocenters. The fourth-order valence-corrected chi connectivity index (χ4v) is 2.95. The van der Waals surface area contributed by atoms with E-state index in [0.29, 0.717) is 12.0 Å². The van der Waals surface area contributed by atoms with Gasteiger partial charge in [-0.05, 0) is 46.0 Å². The first-order chi connectivity index (χ1) is 9.28. The van der Waals surface area contributed by atoms with Crippen molar-refractivity contribution in [1.82, 2.24) is 0 Å². The Morgan fingerprint density at radius 2 is 1.90 bits per heavy atom. The molecule has 116 valence electrons. The second kappa shape index (κ2) is 5.64. The normalized spacial score (nSPS) is 35.5. The molecular weight excluding hydrogens is 256 g/mol. The molecule has 4 atom stereocenters. The van der Waals surface area contributed by atoms with Crippen LogP contribution in [0.5, 0.6) is 0 Å². The molecule has 0 saturated carbocycles. The summed E-state index contributed by atoms with van der Waals surface area (Å²) in [7, 11) is 1.41. The van der Waals surface area contributed by atoms with Crippen molar-refractivity contribution in [3.63, 3.8) is 0 Å². The number of methoxy groups -OCH3 is 1. The molecule has 0 aliphatic carbocycles. The van der Waals surface area contributed by atoms with E-state index in [2.05, 4.69) is 20.8 Å². The van der Waals surface area contributed by atoms with Crippen LogP contribution in [0.25, 0.3) is 0 Å². The van der Waals surface area contributed by atoms with Gasteiger partial charge in [-0.3, -0.25) is 0 Å². The summed E-state index contributed by atoms with van der Waals surface area (Å²) in [6, 6.07) is 0. The van der Waals surface area contributed by atoms with Crippen molar-refractivity contribution in [3.8, 4) is 0 Å². The van der Waals surface area contributed by atoms with Gasteiger partial charge in [-0.2, -0.15) is 0 Å². The molecule has 2 rings (SSSR count). The molecule has 2 aliphatic heterocycles. The smallest absolute Gasteiger partial charge is 0.338 e. The van der Waals surface area contributed by atoms with Crippen LogP contribution in [0.15, 0.2) is 0 Å². The first kappa shape index (κ1) is 15.8. The number of esters is 1. The molecule has 0 aromatic heterocycles. The molecule has 0 spiro atoms. The number of rotatable bonds is 8. The second-order valence-electron chi connectivity index (χ2n) is 7.12. The molecule has 0 radical (unpaired) electrons. The summed E-state index contributed by atoms with van der Waals surface area (Å²) in [4.78, 5) is 11.4. The number of carbonyl (C=O) groups excluding carboxylic acids is 1. The van der Waals surface area contributed by atoms with Crippen molar-refractivity contribution in [2.24, 2.45) is 5.92 Å². The van der Waals surface area contributed by atoms with Crippen molar-refractivity contribution in [2.75, 3.05) is 7.11 Å². The zero-order valence-corrected chi connectivity index (χ0v) is 13.4. The number of epoxide rings is 2. The Bertz CT molecular complexity index is 365. The van der Waals surface area contributed by atoms with Gasteiger partial charge in [-0.1, -0.05) is 19.8 Å². The highest BCUT2D eigenvalue weighted by Gasteiger charge is 2.57. The van der Waals surface area contributed by atoms with Crippen molar-refractivity contribution < 1.29 is 19.0 Å². The Kier molecular flexibility index (Phi) is 4.45. The fourth-order valence-electron chi connectivity index (χ4n) is 2.95. The predicted octanol–water partition coefficient (Wildman–Crippen LogP) is 3.08. The minimum atomic E-state index is -0.344. The molecule has 0 bridgehead atoms. The summed E-state index contributed by atoms with van der Waals surface area (Å²) >= 11 is 0. The Labute approximate surface area is 122 Å². The average molecular weight is 284 g/mol. The van der Waals surface area contributed by atoms with E-state index in [9.17, 15) is 4.79 Å². The van der Waals surface area contributed by atoms with E-state index in [1.807, 2.05) is 6.92 Å². The van der Waals surface area contributed by atoms with E-state index in [1.165, 1.54) is 20.0 Å².